The van der Waals surface area contributed by atoms with E-state index in [0.29, 0.717) is 25.2 Å². The molecule has 0 radical (unpaired) electrons. The summed E-state index contributed by atoms with van der Waals surface area (Å²) in [6.45, 7) is 0.766. The summed E-state index contributed by atoms with van der Waals surface area (Å²) in [7, 11) is 0. The molecule has 0 unspecified atom stereocenters. The first kappa shape index (κ1) is 26.9. The van der Waals surface area contributed by atoms with Gasteiger partial charge in [-0.25, -0.2) is 27.9 Å². The van der Waals surface area contributed by atoms with E-state index in [9.17, 15) is 27.6 Å². The maximum atomic E-state index is 14.8. The van der Waals surface area contributed by atoms with Crippen LogP contribution in [0.25, 0.3) is 0 Å². The van der Waals surface area contributed by atoms with E-state index in [1.54, 1.807) is 0 Å². The smallest absolute Gasteiger partial charge is 0.323 e. The Bertz CT molecular complexity index is 1460. The molecule has 5 rings (SSSR count). The topological polar surface area (TPSA) is 146 Å². The summed E-state index contributed by atoms with van der Waals surface area (Å²) < 4.78 is 48.1. The van der Waals surface area contributed by atoms with Crippen molar-refractivity contribution in [2.75, 3.05) is 35.6 Å². The van der Waals surface area contributed by atoms with Gasteiger partial charge in [0, 0.05) is 49.5 Å². The van der Waals surface area contributed by atoms with Gasteiger partial charge in [0.1, 0.15) is 23.4 Å². The molecule has 208 valence electrons. The molecule has 1 aromatic heterocycles. The van der Waals surface area contributed by atoms with Crippen LogP contribution in [-0.2, 0) is 9.59 Å². The lowest BCUT2D eigenvalue weighted by molar-refractivity contribution is -0.131. The third-order valence-corrected chi connectivity index (χ3v) is 6.59. The SMILES string of the molecule is O=C(Nc1cc(Oc2cc(F)c(NC(=O)C3(C(=O)Nc4ccc(F)cc4)CC3)cc2F)ncn1)N1CC(CO)C1. The fraction of sp³-hybridized carbons (Fsp3) is 0.269. The maximum absolute atomic E-state index is 14.8. The molecule has 11 nitrogen and oxygen atoms in total. The Morgan fingerprint density at radius 1 is 0.950 bits per heavy atom. The quantitative estimate of drug-likeness (QED) is 0.311. The molecule has 0 spiro atoms. The summed E-state index contributed by atoms with van der Waals surface area (Å²) in [5, 5.41) is 16.4. The van der Waals surface area contributed by atoms with Gasteiger partial charge in [0.05, 0.1) is 5.69 Å². The number of amides is 4. The van der Waals surface area contributed by atoms with E-state index >= 15 is 0 Å². The normalized spacial score (nSPS) is 15.6. The van der Waals surface area contributed by atoms with Crippen LogP contribution in [0.4, 0.5) is 35.2 Å². The fourth-order valence-electron chi connectivity index (χ4n) is 4.03. The molecular weight excluding hydrogens is 533 g/mol. The number of aliphatic hydroxyl groups excluding tert-OH is 1. The second-order valence-corrected chi connectivity index (χ2v) is 9.49. The van der Waals surface area contributed by atoms with Crippen LogP contribution in [0.2, 0.25) is 0 Å². The lowest BCUT2D eigenvalue weighted by Gasteiger charge is -2.37. The van der Waals surface area contributed by atoms with Gasteiger partial charge < -0.3 is 25.4 Å². The summed E-state index contributed by atoms with van der Waals surface area (Å²) in [5.74, 6) is -4.67. The number of carbonyl (C=O) groups excluding carboxylic acids is 3. The van der Waals surface area contributed by atoms with Gasteiger partial charge >= 0.3 is 6.03 Å². The first-order valence-electron chi connectivity index (χ1n) is 12.2. The molecule has 0 bridgehead atoms. The van der Waals surface area contributed by atoms with E-state index in [-0.39, 0.29) is 42.8 Å². The molecule has 40 heavy (non-hydrogen) atoms. The molecule has 2 heterocycles. The Balaban J connectivity index is 1.22. The van der Waals surface area contributed by atoms with Crippen molar-refractivity contribution in [3.8, 4) is 11.6 Å². The number of aliphatic hydroxyl groups is 1. The minimum atomic E-state index is -1.47. The molecule has 2 aliphatic rings. The molecule has 1 aliphatic carbocycles. The number of urea groups is 1. The lowest BCUT2D eigenvalue weighted by atomic mass is 10.0. The molecular formula is C26H23F3N6O5. The summed E-state index contributed by atoms with van der Waals surface area (Å²) in [6.07, 6.45) is 1.46. The number of hydrogen-bond donors (Lipinski definition) is 4. The second kappa shape index (κ2) is 10.8. The Morgan fingerprint density at radius 2 is 1.65 bits per heavy atom. The number of ether oxygens (including phenoxy) is 1. The van der Waals surface area contributed by atoms with Gasteiger partial charge in [0.15, 0.2) is 17.4 Å². The van der Waals surface area contributed by atoms with Crippen molar-refractivity contribution in [2.45, 2.75) is 12.8 Å². The Labute approximate surface area is 225 Å². The van der Waals surface area contributed by atoms with Gasteiger partial charge in [-0.05, 0) is 37.1 Å². The Morgan fingerprint density at radius 3 is 2.33 bits per heavy atom. The standard InChI is InChI=1S/C26H23F3N6O5/c27-15-1-3-16(4-2-15)32-23(37)26(5-6-26)24(38)33-19-7-18(29)20(8-17(19)28)40-22-9-21(30-13-31-22)34-25(39)35-10-14(11-35)12-36/h1-4,7-9,13-14,36H,5-6,10-12H2,(H,32,37)(H,33,38)(H,30,31,34,39). The number of benzene rings is 2. The Hall–Kier alpha value is -4.72. The fourth-order valence-corrected chi connectivity index (χ4v) is 4.03. The maximum Gasteiger partial charge on any atom is 0.323 e. The molecule has 4 N–H and O–H groups in total. The number of nitrogens with one attached hydrogen (secondary N) is 3. The molecule has 1 aliphatic heterocycles. The van der Waals surface area contributed by atoms with Crippen LogP contribution in [0.5, 0.6) is 11.6 Å². The molecule has 1 saturated carbocycles. The van der Waals surface area contributed by atoms with Crippen LogP contribution in [0, 0.1) is 28.8 Å². The highest BCUT2D eigenvalue weighted by atomic mass is 19.1. The van der Waals surface area contributed by atoms with Crippen molar-refractivity contribution >= 4 is 35.0 Å². The third kappa shape index (κ3) is 5.66. The predicted octanol–water partition coefficient (Wildman–Crippen LogP) is 3.50. The summed E-state index contributed by atoms with van der Waals surface area (Å²) in [6, 6.07) is 7.15. The number of aromatic nitrogens is 2. The van der Waals surface area contributed by atoms with E-state index in [1.165, 1.54) is 23.1 Å². The van der Waals surface area contributed by atoms with Crippen LogP contribution in [0.1, 0.15) is 12.8 Å². The zero-order valence-corrected chi connectivity index (χ0v) is 20.8. The van der Waals surface area contributed by atoms with E-state index in [0.717, 1.165) is 18.5 Å². The van der Waals surface area contributed by atoms with Crippen LogP contribution in [0.3, 0.4) is 0 Å². The van der Waals surface area contributed by atoms with Crippen molar-refractivity contribution in [3.63, 3.8) is 0 Å². The zero-order valence-electron chi connectivity index (χ0n) is 20.8. The van der Waals surface area contributed by atoms with Crippen LogP contribution >= 0.6 is 0 Å². The van der Waals surface area contributed by atoms with Crippen LogP contribution in [-0.4, -0.2) is 57.5 Å². The monoisotopic (exact) mass is 556 g/mol. The highest BCUT2D eigenvalue weighted by Crippen LogP contribution is 2.47. The van der Waals surface area contributed by atoms with Crippen molar-refractivity contribution in [1.82, 2.24) is 14.9 Å². The minimum Gasteiger partial charge on any atom is -0.436 e. The van der Waals surface area contributed by atoms with Gasteiger partial charge in [-0.1, -0.05) is 0 Å². The molecule has 2 fully saturated rings. The van der Waals surface area contributed by atoms with E-state index < -0.39 is 52.1 Å². The lowest BCUT2D eigenvalue weighted by Crippen LogP contribution is -2.52. The van der Waals surface area contributed by atoms with Gasteiger partial charge in [-0.2, -0.15) is 0 Å². The average molecular weight is 557 g/mol. The number of likely N-dealkylation sites (tertiary alicyclic amines) is 1. The van der Waals surface area contributed by atoms with Gasteiger partial charge in [-0.15, -0.1) is 0 Å². The van der Waals surface area contributed by atoms with Crippen LogP contribution < -0.4 is 20.7 Å². The predicted molar refractivity (Wildman–Crippen MR) is 135 cm³/mol. The molecule has 2 aromatic carbocycles. The third-order valence-electron chi connectivity index (χ3n) is 6.59. The molecule has 14 heteroatoms. The first-order valence-corrected chi connectivity index (χ1v) is 12.2. The number of anilines is 3. The Kier molecular flexibility index (Phi) is 7.26. The summed E-state index contributed by atoms with van der Waals surface area (Å²) in [5.41, 5.74) is -1.68. The number of rotatable bonds is 8. The van der Waals surface area contributed by atoms with Crippen molar-refractivity contribution in [1.29, 1.82) is 0 Å². The highest BCUT2D eigenvalue weighted by Gasteiger charge is 2.56. The van der Waals surface area contributed by atoms with E-state index in [4.69, 9.17) is 9.84 Å². The van der Waals surface area contributed by atoms with Gasteiger partial charge in [-0.3, -0.25) is 14.9 Å². The van der Waals surface area contributed by atoms with E-state index in [1.807, 2.05) is 0 Å². The number of hydrogen-bond acceptors (Lipinski definition) is 7. The highest BCUT2D eigenvalue weighted by molar-refractivity contribution is 6.16. The first-order chi connectivity index (χ1) is 19.2. The van der Waals surface area contributed by atoms with Crippen LogP contribution in [0.15, 0.2) is 48.8 Å². The van der Waals surface area contributed by atoms with Crippen molar-refractivity contribution < 1.29 is 37.4 Å². The van der Waals surface area contributed by atoms with Crippen molar-refractivity contribution in [3.05, 3.63) is 66.2 Å². The second-order valence-electron chi connectivity index (χ2n) is 9.49. The number of carbonyl (C=O) groups is 3. The number of halogens is 3. The molecule has 3 aromatic rings. The summed E-state index contributed by atoms with van der Waals surface area (Å²) >= 11 is 0. The van der Waals surface area contributed by atoms with E-state index in [2.05, 4.69) is 25.9 Å². The zero-order chi connectivity index (χ0) is 28.4. The average Bonchev–Trinajstić information content (AvgIpc) is 3.70. The van der Waals surface area contributed by atoms with Gasteiger partial charge in [0.2, 0.25) is 17.7 Å². The molecule has 0 atom stereocenters. The summed E-state index contributed by atoms with van der Waals surface area (Å²) in [4.78, 5) is 46.9. The molecule has 1 saturated heterocycles. The number of nitrogens with zero attached hydrogens (tertiary/aromatic N) is 3. The largest absolute Gasteiger partial charge is 0.436 e. The molecule has 4 amide bonds. The minimum absolute atomic E-state index is 0.0202. The van der Waals surface area contributed by atoms with Gasteiger partial charge in [0.25, 0.3) is 0 Å². The van der Waals surface area contributed by atoms with Crippen molar-refractivity contribution in [2.24, 2.45) is 11.3 Å².